The maximum absolute atomic E-state index is 10.6. The Morgan fingerprint density at radius 3 is 2.25 bits per heavy atom. The summed E-state index contributed by atoms with van der Waals surface area (Å²) in [5.41, 5.74) is 0. The van der Waals surface area contributed by atoms with Crippen LogP contribution in [0.25, 0.3) is 0 Å². The lowest BCUT2D eigenvalue weighted by atomic mass is 10.1. The summed E-state index contributed by atoms with van der Waals surface area (Å²) >= 11 is 0. The minimum absolute atomic E-state index is 0.0903. The van der Waals surface area contributed by atoms with Gasteiger partial charge in [-0.1, -0.05) is 6.42 Å². The third kappa shape index (κ3) is 4.04. The third-order valence-corrected chi connectivity index (χ3v) is 2.89. The van der Waals surface area contributed by atoms with Gasteiger partial charge in [0.1, 0.15) is 0 Å². The van der Waals surface area contributed by atoms with Gasteiger partial charge in [0.15, 0.2) is 0 Å². The molecule has 72 valence electrons. The second-order valence-electron chi connectivity index (χ2n) is 3.27. The summed E-state index contributed by atoms with van der Waals surface area (Å²) in [6, 6.07) is 0. The highest BCUT2D eigenvalue weighted by Crippen LogP contribution is 2.07. The van der Waals surface area contributed by atoms with Crippen molar-refractivity contribution in [1.29, 1.82) is 0 Å². The second kappa shape index (κ2) is 4.20. The monoisotopic (exact) mass is 192 g/mol. The van der Waals surface area contributed by atoms with Crippen molar-refractivity contribution in [2.24, 2.45) is 5.14 Å². The first kappa shape index (κ1) is 9.95. The number of sulfonamides is 1. The van der Waals surface area contributed by atoms with Gasteiger partial charge in [-0.15, -0.1) is 0 Å². The normalized spacial score (nSPS) is 21.1. The first-order chi connectivity index (χ1) is 5.58. The summed E-state index contributed by atoms with van der Waals surface area (Å²) in [6.45, 7) is 2.64. The molecule has 1 fully saturated rings. The minimum atomic E-state index is -3.27. The van der Waals surface area contributed by atoms with Crippen molar-refractivity contribution in [3.05, 3.63) is 0 Å². The maximum Gasteiger partial charge on any atom is 0.210 e. The highest BCUT2D eigenvalue weighted by molar-refractivity contribution is 7.89. The van der Waals surface area contributed by atoms with Crippen molar-refractivity contribution >= 4 is 10.0 Å². The van der Waals surface area contributed by atoms with E-state index in [0.717, 1.165) is 13.1 Å². The molecule has 0 spiro atoms. The summed E-state index contributed by atoms with van der Waals surface area (Å²) in [7, 11) is -3.27. The molecule has 0 aliphatic carbocycles. The lowest BCUT2D eigenvalue weighted by molar-refractivity contribution is 0.241. The summed E-state index contributed by atoms with van der Waals surface area (Å²) in [6.07, 6.45) is 3.64. The van der Waals surface area contributed by atoms with Crippen molar-refractivity contribution in [2.45, 2.75) is 19.3 Å². The predicted molar refractivity (Wildman–Crippen MR) is 48.3 cm³/mol. The molecule has 0 radical (unpaired) electrons. The van der Waals surface area contributed by atoms with Gasteiger partial charge < -0.3 is 4.90 Å². The van der Waals surface area contributed by atoms with E-state index in [9.17, 15) is 8.42 Å². The highest BCUT2D eigenvalue weighted by Gasteiger charge is 2.12. The van der Waals surface area contributed by atoms with Crippen LogP contribution in [0.15, 0.2) is 0 Å². The Kier molecular flexibility index (Phi) is 3.49. The molecular weight excluding hydrogens is 176 g/mol. The van der Waals surface area contributed by atoms with E-state index in [-0.39, 0.29) is 5.75 Å². The van der Waals surface area contributed by atoms with E-state index in [4.69, 9.17) is 5.14 Å². The van der Waals surface area contributed by atoms with Gasteiger partial charge in [0.2, 0.25) is 10.0 Å². The molecule has 0 unspecified atom stereocenters. The molecule has 0 aromatic carbocycles. The number of likely N-dealkylation sites (tertiary alicyclic amines) is 1. The Labute approximate surface area is 73.8 Å². The SMILES string of the molecule is NS(=O)(=O)CCN1CCCCC1. The van der Waals surface area contributed by atoms with Gasteiger partial charge in [-0.05, 0) is 25.9 Å². The van der Waals surface area contributed by atoms with Crippen molar-refractivity contribution in [3.8, 4) is 0 Å². The van der Waals surface area contributed by atoms with Crippen molar-refractivity contribution in [2.75, 3.05) is 25.4 Å². The van der Waals surface area contributed by atoms with Gasteiger partial charge in [-0.2, -0.15) is 0 Å². The Morgan fingerprint density at radius 1 is 1.17 bits per heavy atom. The molecule has 4 nitrogen and oxygen atoms in total. The number of piperidine rings is 1. The fourth-order valence-corrected chi connectivity index (χ4v) is 1.95. The third-order valence-electron chi connectivity index (χ3n) is 2.14. The van der Waals surface area contributed by atoms with E-state index in [2.05, 4.69) is 4.90 Å². The lowest BCUT2D eigenvalue weighted by Gasteiger charge is -2.25. The predicted octanol–water partition coefficient (Wildman–Crippen LogP) is -0.239. The molecular formula is C7H16N2O2S. The fourth-order valence-electron chi connectivity index (χ4n) is 1.44. The van der Waals surface area contributed by atoms with E-state index >= 15 is 0 Å². The zero-order chi connectivity index (χ0) is 9.03. The van der Waals surface area contributed by atoms with Crippen LogP contribution in [0.1, 0.15) is 19.3 Å². The van der Waals surface area contributed by atoms with Crippen LogP contribution >= 0.6 is 0 Å². The van der Waals surface area contributed by atoms with Gasteiger partial charge >= 0.3 is 0 Å². The van der Waals surface area contributed by atoms with E-state index in [1.54, 1.807) is 0 Å². The summed E-state index contributed by atoms with van der Waals surface area (Å²) < 4.78 is 21.3. The molecule has 12 heavy (non-hydrogen) atoms. The van der Waals surface area contributed by atoms with Gasteiger partial charge in [0.05, 0.1) is 5.75 Å². The molecule has 5 heteroatoms. The summed E-state index contributed by atoms with van der Waals surface area (Å²) in [5, 5.41) is 4.90. The first-order valence-electron chi connectivity index (χ1n) is 4.31. The number of nitrogens with two attached hydrogens (primary N) is 1. The largest absolute Gasteiger partial charge is 0.302 e. The average Bonchev–Trinajstić information content (AvgIpc) is 2.02. The summed E-state index contributed by atoms with van der Waals surface area (Å²) in [4.78, 5) is 2.16. The van der Waals surface area contributed by atoms with Crippen molar-refractivity contribution in [1.82, 2.24) is 4.90 Å². The molecule has 1 rings (SSSR count). The lowest BCUT2D eigenvalue weighted by Crippen LogP contribution is -2.35. The molecule has 0 bridgehead atoms. The van der Waals surface area contributed by atoms with E-state index < -0.39 is 10.0 Å². The van der Waals surface area contributed by atoms with E-state index in [1.807, 2.05) is 0 Å². The molecule has 0 aromatic rings. The highest BCUT2D eigenvalue weighted by atomic mass is 32.2. The standard InChI is InChI=1S/C7H16N2O2S/c8-12(10,11)7-6-9-4-2-1-3-5-9/h1-7H2,(H2,8,10,11). The molecule has 1 heterocycles. The van der Waals surface area contributed by atoms with Gasteiger partial charge in [-0.3, -0.25) is 0 Å². The molecule has 2 N–H and O–H groups in total. The van der Waals surface area contributed by atoms with E-state index in [0.29, 0.717) is 6.54 Å². The van der Waals surface area contributed by atoms with Crippen LogP contribution in [0, 0.1) is 0 Å². The maximum atomic E-state index is 10.6. The van der Waals surface area contributed by atoms with Crippen molar-refractivity contribution < 1.29 is 8.42 Å². The van der Waals surface area contributed by atoms with Crippen molar-refractivity contribution in [3.63, 3.8) is 0 Å². The molecule has 0 aromatic heterocycles. The zero-order valence-corrected chi connectivity index (χ0v) is 8.02. The van der Waals surface area contributed by atoms with E-state index in [1.165, 1.54) is 19.3 Å². The zero-order valence-electron chi connectivity index (χ0n) is 7.20. The van der Waals surface area contributed by atoms with Crippen LogP contribution in [0.5, 0.6) is 0 Å². The number of nitrogens with zero attached hydrogens (tertiary/aromatic N) is 1. The van der Waals surface area contributed by atoms with Gasteiger partial charge in [-0.25, -0.2) is 13.6 Å². The van der Waals surface area contributed by atoms with Gasteiger partial charge in [0, 0.05) is 6.54 Å². The molecule has 0 saturated carbocycles. The molecule has 0 atom stereocenters. The number of primary sulfonamides is 1. The Hall–Kier alpha value is -0.130. The Bertz CT molecular complexity index is 220. The average molecular weight is 192 g/mol. The fraction of sp³-hybridized carbons (Fsp3) is 1.00. The molecule has 0 amide bonds. The van der Waals surface area contributed by atoms with Crippen LogP contribution in [0.3, 0.4) is 0 Å². The number of hydrogen-bond donors (Lipinski definition) is 1. The Morgan fingerprint density at radius 2 is 1.75 bits per heavy atom. The molecule has 1 aliphatic rings. The number of rotatable bonds is 3. The van der Waals surface area contributed by atoms with Crippen LogP contribution < -0.4 is 5.14 Å². The van der Waals surface area contributed by atoms with Crippen LogP contribution in [-0.4, -0.2) is 38.7 Å². The van der Waals surface area contributed by atoms with Crippen LogP contribution in [0.2, 0.25) is 0 Å². The van der Waals surface area contributed by atoms with Gasteiger partial charge in [0.25, 0.3) is 0 Å². The smallest absolute Gasteiger partial charge is 0.210 e. The first-order valence-corrected chi connectivity index (χ1v) is 6.02. The summed E-state index contributed by atoms with van der Waals surface area (Å²) in [5.74, 6) is 0.0903. The molecule has 1 saturated heterocycles. The Balaban J connectivity index is 2.22. The van der Waals surface area contributed by atoms with Crippen LogP contribution in [0.4, 0.5) is 0 Å². The molecule has 1 aliphatic heterocycles. The van der Waals surface area contributed by atoms with Crippen LogP contribution in [-0.2, 0) is 10.0 Å². The second-order valence-corrected chi connectivity index (χ2v) is 5.00. The minimum Gasteiger partial charge on any atom is -0.302 e. The number of hydrogen-bond acceptors (Lipinski definition) is 3. The topological polar surface area (TPSA) is 63.4 Å². The quantitative estimate of drug-likeness (QED) is 0.671.